The van der Waals surface area contributed by atoms with Crippen LogP contribution in [0.25, 0.3) is 0 Å². The number of sulfone groups is 1. The van der Waals surface area contributed by atoms with Gasteiger partial charge in [0.05, 0.1) is 5.60 Å². The second-order valence-electron chi connectivity index (χ2n) is 4.27. The highest BCUT2D eigenvalue weighted by Crippen LogP contribution is 2.30. The van der Waals surface area contributed by atoms with E-state index in [1.807, 2.05) is 0 Å². The monoisotopic (exact) mass is 235 g/mol. The normalized spacial score (nSPS) is 21.5. The van der Waals surface area contributed by atoms with E-state index in [0.29, 0.717) is 12.8 Å². The molecular weight excluding hydrogens is 218 g/mol. The Balaban J connectivity index is 2.43. The van der Waals surface area contributed by atoms with Crippen molar-refractivity contribution in [1.82, 2.24) is 5.32 Å². The summed E-state index contributed by atoms with van der Waals surface area (Å²) in [7, 11) is -3.35. The van der Waals surface area contributed by atoms with Gasteiger partial charge in [-0.2, -0.15) is 0 Å². The lowest BCUT2D eigenvalue weighted by atomic mass is 9.80. The van der Waals surface area contributed by atoms with Gasteiger partial charge in [0.15, 0.2) is 9.84 Å². The Labute approximate surface area is 89.8 Å². The molecule has 6 heteroatoms. The van der Waals surface area contributed by atoms with Crippen molar-refractivity contribution < 1.29 is 18.3 Å². The summed E-state index contributed by atoms with van der Waals surface area (Å²) in [5.74, 6) is -0.544. The van der Waals surface area contributed by atoms with Gasteiger partial charge in [-0.3, -0.25) is 4.79 Å². The van der Waals surface area contributed by atoms with Crippen molar-refractivity contribution in [2.24, 2.45) is 0 Å². The zero-order chi connectivity index (χ0) is 11.7. The molecule has 0 aliphatic heterocycles. The molecule has 0 radical (unpaired) electrons. The highest BCUT2D eigenvalue weighted by Gasteiger charge is 2.35. The highest BCUT2D eigenvalue weighted by atomic mass is 32.2. The molecule has 0 aromatic carbocycles. The molecule has 0 spiro atoms. The minimum absolute atomic E-state index is 0.145. The molecule has 1 unspecified atom stereocenters. The predicted octanol–water partition coefficient (Wildman–Crippen LogP) is -0.549. The van der Waals surface area contributed by atoms with Crippen LogP contribution in [0.15, 0.2) is 0 Å². The largest absolute Gasteiger partial charge is 0.388 e. The molecule has 1 fully saturated rings. The van der Waals surface area contributed by atoms with Gasteiger partial charge < -0.3 is 10.4 Å². The van der Waals surface area contributed by atoms with Crippen LogP contribution in [0.5, 0.6) is 0 Å². The molecule has 1 saturated carbocycles. The molecule has 15 heavy (non-hydrogen) atoms. The molecule has 1 amide bonds. The number of hydrogen-bond donors (Lipinski definition) is 2. The Morgan fingerprint density at radius 1 is 1.53 bits per heavy atom. The first-order valence-corrected chi connectivity index (χ1v) is 6.89. The second kappa shape index (κ2) is 4.09. The summed E-state index contributed by atoms with van der Waals surface area (Å²) in [4.78, 5) is 11.4. The SMILES string of the molecule is CC(C(=O)NCC1(O)CCC1)S(C)(=O)=O. The summed E-state index contributed by atoms with van der Waals surface area (Å²) >= 11 is 0. The van der Waals surface area contributed by atoms with Crippen LogP contribution in [0.3, 0.4) is 0 Å². The summed E-state index contributed by atoms with van der Waals surface area (Å²) in [6, 6.07) is 0. The third kappa shape index (κ3) is 3.17. The molecule has 0 aromatic rings. The van der Waals surface area contributed by atoms with Crippen molar-refractivity contribution >= 4 is 15.7 Å². The van der Waals surface area contributed by atoms with E-state index in [-0.39, 0.29) is 6.54 Å². The molecule has 0 saturated heterocycles. The lowest BCUT2D eigenvalue weighted by Gasteiger charge is -2.36. The molecule has 2 N–H and O–H groups in total. The van der Waals surface area contributed by atoms with Crippen LogP contribution in [0, 0.1) is 0 Å². The summed E-state index contributed by atoms with van der Waals surface area (Å²) < 4.78 is 22.1. The van der Waals surface area contributed by atoms with E-state index in [0.717, 1.165) is 12.7 Å². The second-order valence-corrected chi connectivity index (χ2v) is 6.63. The molecule has 0 aromatic heterocycles. The van der Waals surface area contributed by atoms with E-state index in [4.69, 9.17) is 0 Å². The minimum atomic E-state index is -3.35. The van der Waals surface area contributed by atoms with Gasteiger partial charge >= 0.3 is 0 Å². The lowest BCUT2D eigenvalue weighted by Crippen LogP contribution is -2.50. The maximum Gasteiger partial charge on any atom is 0.238 e. The quantitative estimate of drug-likeness (QED) is 0.685. The lowest BCUT2D eigenvalue weighted by molar-refractivity contribution is -0.122. The summed E-state index contributed by atoms with van der Waals surface area (Å²) in [5, 5.41) is 11.1. The number of nitrogens with one attached hydrogen (secondary N) is 1. The standard InChI is InChI=1S/C9H17NO4S/c1-7(15(2,13)14)8(11)10-6-9(12)4-3-5-9/h7,12H,3-6H2,1-2H3,(H,10,11). The minimum Gasteiger partial charge on any atom is -0.388 e. The van der Waals surface area contributed by atoms with Gasteiger partial charge in [0.2, 0.25) is 5.91 Å². The average Bonchev–Trinajstić information content (AvgIpc) is 2.08. The van der Waals surface area contributed by atoms with E-state index >= 15 is 0 Å². The number of amides is 1. The summed E-state index contributed by atoms with van der Waals surface area (Å²) in [6.45, 7) is 1.49. The van der Waals surface area contributed by atoms with Crippen LogP contribution in [-0.4, -0.2) is 43.1 Å². The fourth-order valence-corrected chi connectivity index (χ4v) is 1.82. The highest BCUT2D eigenvalue weighted by molar-refractivity contribution is 7.92. The van der Waals surface area contributed by atoms with E-state index in [1.165, 1.54) is 6.92 Å². The fraction of sp³-hybridized carbons (Fsp3) is 0.889. The van der Waals surface area contributed by atoms with E-state index in [2.05, 4.69) is 5.32 Å². The molecular formula is C9H17NO4S. The Morgan fingerprint density at radius 2 is 2.07 bits per heavy atom. The topological polar surface area (TPSA) is 83.5 Å². The van der Waals surface area contributed by atoms with E-state index < -0.39 is 26.6 Å². The molecule has 88 valence electrons. The Hall–Kier alpha value is -0.620. The van der Waals surface area contributed by atoms with Gasteiger partial charge in [0, 0.05) is 12.8 Å². The zero-order valence-corrected chi connectivity index (χ0v) is 9.80. The number of carbonyl (C=O) groups excluding carboxylic acids is 1. The molecule has 1 aliphatic carbocycles. The van der Waals surface area contributed by atoms with Crippen LogP contribution >= 0.6 is 0 Å². The van der Waals surface area contributed by atoms with E-state index in [1.54, 1.807) is 0 Å². The molecule has 5 nitrogen and oxygen atoms in total. The van der Waals surface area contributed by atoms with Crippen molar-refractivity contribution in [3.63, 3.8) is 0 Å². The predicted molar refractivity (Wildman–Crippen MR) is 56.1 cm³/mol. The van der Waals surface area contributed by atoms with E-state index in [9.17, 15) is 18.3 Å². The third-order valence-electron chi connectivity index (χ3n) is 2.89. The average molecular weight is 235 g/mol. The summed E-state index contributed by atoms with van der Waals surface area (Å²) in [6.07, 6.45) is 3.31. The number of carbonyl (C=O) groups is 1. The smallest absolute Gasteiger partial charge is 0.238 e. The first-order chi connectivity index (χ1) is 6.75. The maximum absolute atomic E-state index is 11.4. The van der Waals surface area contributed by atoms with Crippen molar-refractivity contribution in [2.75, 3.05) is 12.8 Å². The number of rotatable bonds is 4. The number of hydrogen-bond acceptors (Lipinski definition) is 4. The maximum atomic E-state index is 11.4. The van der Waals surface area contributed by atoms with Gasteiger partial charge in [0.25, 0.3) is 0 Å². The molecule has 1 atom stereocenters. The van der Waals surface area contributed by atoms with Crippen LogP contribution < -0.4 is 5.32 Å². The van der Waals surface area contributed by atoms with Gasteiger partial charge in [-0.25, -0.2) is 8.42 Å². The molecule has 0 bridgehead atoms. The van der Waals surface area contributed by atoms with Crippen molar-refractivity contribution in [3.8, 4) is 0 Å². The molecule has 0 heterocycles. The zero-order valence-electron chi connectivity index (χ0n) is 8.99. The van der Waals surface area contributed by atoms with Crippen molar-refractivity contribution in [2.45, 2.75) is 37.0 Å². The van der Waals surface area contributed by atoms with Crippen LogP contribution in [0.2, 0.25) is 0 Å². The molecule has 1 aliphatic rings. The van der Waals surface area contributed by atoms with Crippen LogP contribution in [0.1, 0.15) is 26.2 Å². The van der Waals surface area contributed by atoms with Crippen LogP contribution in [0.4, 0.5) is 0 Å². The van der Waals surface area contributed by atoms with Gasteiger partial charge in [-0.15, -0.1) is 0 Å². The third-order valence-corrected chi connectivity index (χ3v) is 4.39. The van der Waals surface area contributed by atoms with Crippen molar-refractivity contribution in [1.29, 1.82) is 0 Å². The number of aliphatic hydroxyl groups is 1. The van der Waals surface area contributed by atoms with Gasteiger partial charge in [-0.05, 0) is 26.2 Å². The van der Waals surface area contributed by atoms with Gasteiger partial charge in [-0.1, -0.05) is 0 Å². The van der Waals surface area contributed by atoms with Gasteiger partial charge in [0.1, 0.15) is 5.25 Å². The molecule has 1 rings (SSSR count). The summed E-state index contributed by atoms with van der Waals surface area (Å²) in [5.41, 5.74) is -0.813. The Bertz CT molecular complexity index is 345. The Kier molecular flexibility index (Phi) is 3.40. The van der Waals surface area contributed by atoms with Crippen LogP contribution in [-0.2, 0) is 14.6 Å². The first-order valence-electron chi connectivity index (χ1n) is 4.94. The fourth-order valence-electron chi connectivity index (χ4n) is 1.35. The Morgan fingerprint density at radius 3 is 2.40 bits per heavy atom. The van der Waals surface area contributed by atoms with Crippen molar-refractivity contribution in [3.05, 3.63) is 0 Å². The first kappa shape index (κ1) is 12.4.